The summed E-state index contributed by atoms with van der Waals surface area (Å²) in [6.45, 7) is 1.86. The van der Waals surface area contributed by atoms with Crippen molar-refractivity contribution in [2.24, 2.45) is 0 Å². The quantitative estimate of drug-likeness (QED) is 0.713. The van der Waals surface area contributed by atoms with Crippen LogP contribution in [0.25, 0.3) is 0 Å². The number of carbonyl (C=O) groups excluding carboxylic acids is 1. The van der Waals surface area contributed by atoms with E-state index in [1.807, 2.05) is 37.3 Å². The molecule has 0 atom stereocenters. The minimum atomic E-state index is -0.131. The van der Waals surface area contributed by atoms with Crippen LogP contribution in [0.4, 0.5) is 5.69 Å². The molecule has 6 heteroatoms. The molecule has 0 saturated carbocycles. The maximum atomic E-state index is 12.0. The fourth-order valence-corrected chi connectivity index (χ4v) is 3.17. The molecule has 0 aromatic heterocycles. The molecule has 116 valence electrons. The van der Waals surface area contributed by atoms with Gasteiger partial charge >= 0.3 is 0 Å². The molecule has 0 aliphatic rings. The first-order valence-electron chi connectivity index (χ1n) is 6.54. The molecule has 0 bridgehead atoms. The molecule has 1 N–H and O–H groups in total. The Kier molecular flexibility index (Phi) is 6.45. The van der Waals surface area contributed by atoms with Crippen LogP contribution in [0.2, 0.25) is 15.1 Å². The van der Waals surface area contributed by atoms with E-state index in [1.54, 1.807) is 6.07 Å². The molecule has 0 saturated heterocycles. The van der Waals surface area contributed by atoms with E-state index in [1.165, 1.54) is 11.8 Å². The van der Waals surface area contributed by atoms with E-state index in [-0.39, 0.29) is 5.91 Å². The maximum Gasteiger partial charge on any atom is 0.234 e. The van der Waals surface area contributed by atoms with Gasteiger partial charge in [-0.15, -0.1) is 11.8 Å². The summed E-state index contributed by atoms with van der Waals surface area (Å²) in [6, 6.07) is 11.1. The van der Waals surface area contributed by atoms with Gasteiger partial charge in [-0.2, -0.15) is 0 Å². The third kappa shape index (κ3) is 4.82. The Bertz CT molecular complexity index is 674. The predicted octanol–water partition coefficient (Wildman–Crippen LogP) is 5.83. The van der Waals surface area contributed by atoms with E-state index in [2.05, 4.69) is 5.32 Å². The summed E-state index contributed by atoms with van der Waals surface area (Å²) >= 11 is 19.6. The van der Waals surface area contributed by atoms with Gasteiger partial charge in [0, 0.05) is 10.8 Å². The zero-order chi connectivity index (χ0) is 16.1. The number of rotatable bonds is 5. The fourth-order valence-electron chi connectivity index (χ4n) is 1.79. The lowest BCUT2D eigenvalue weighted by molar-refractivity contribution is -0.113. The Morgan fingerprint density at radius 2 is 1.77 bits per heavy atom. The standard InChI is InChI=1S/C16H14Cl3NOS/c1-10-2-7-13(18)16(15(10)19)20-14(21)9-22-8-11-3-5-12(17)6-4-11/h2-7H,8-9H2,1H3,(H,20,21). The molecule has 0 fully saturated rings. The second-order valence-electron chi connectivity index (χ2n) is 4.72. The largest absolute Gasteiger partial charge is 0.323 e. The van der Waals surface area contributed by atoms with Crippen LogP contribution in [0.15, 0.2) is 36.4 Å². The number of aryl methyl sites for hydroxylation is 1. The second-order valence-corrected chi connectivity index (χ2v) is 6.93. The summed E-state index contributed by atoms with van der Waals surface area (Å²) in [5.74, 6) is 0.927. The highest BCUT2D eigenvalue weighted by Gasteiger charge is 2.11. The number of thioether (sulfide) groups is 1. The smallest absolute Gasteiger partial charge is 0.234 e. The number of benzene rings is 2. The van der Waals surface area contributed by atoms with Crippen molar-refractivity contribution in [1.82, 2.24) is 0 Å². The van der Waals surface area contributed by atoms with Crippen molar-refractivity contribution < 1.29 is 4.79 Å². The zero-order valence-electron chi connectivity index (χ0n) is 11.8. The molecule has 0 aliphatic heterocycles. The molecule has 2 rings (SSSR count). The highest BCUT2D eigenvalue weighted by atomic mass is 35.5. The van der Waals surface area contributed by atoms with Gasteiger partial charge in [0.1, 0.15) is 0 Å². The maximum absolute atomic E-state index is 12.0. The first kappa shape index (κ1) is 17.5. The number of anilines is 1. The van der Waals surface area contributed by atoms with E-state index >= 15 is 0 Å². The molecule has 0 radical (unpaired) electrons. The number of amides is 1. The minimum Gasteiger partial charge on any atom is -0.323 e. The lowest BCUT2D eigenvalue weighted by Gasteiger charge is -2.11. The van der Waals surface area contributed by atoms with Crippen molar-refractivity contribution in [2.45, 2.75) is 12.7 Å². The van der Waals surface area contributed by atoms with E-state index in [0.717, 1.165) is 16.9 Å². The Morgan fingerprint density at radius 3 is 2.45 bits per heavy atom. The van der Waals surface area contributed by atoms with Crippen LogP contribution < -0.4 is 5.32 Å². The molecule has 22 heavy (non-hydrogen) atoms. The number of hydrogen-bond acceptors (Lipinski definition) is 2. The molecule has 2 aromatic carbocycles. The highest BCUT2D eigenvalue weighted by Crippen LogP contribution is 2.33. The monoisotopic (exact) mass is 373 g/mol. The Balaban J connectivity index is 1.88. The molecule has 2 aromatic rings. The summed E-state index contributed by atoms with van der Waals surface area (Å²) in [5, 5.41) is 4.39. The summed E-state index contributed by atoms with van der Waals surface area (Å²) in [4.78, 5) is 12.0. The van der Waals surface area contributed by atoms with Crippen molar-refractivity contribution in [3.8, 4) is 0 Å². The van der Waals surface area contributed by atoms with Crippen LogP contribution in [0.5, 0.6) is 0 Å². The zero-order valence-corrected chi connectivity index (χ0v) is 14.9. The van der Waals surface area contributed by atoms with Crippen molar-refractivity contribution in [2.75, 3.05) is 11.1 Å². The first-order chi connectivity index (χ1) is 10.5. The Morgan fingerprint density at radius 1 is 1.09 bits per heavy atom. The Labute approximate surface area is 149 Å². The third-order valence-corrected chi connectivity index (χ3v) is 5.02. The molecule has 0 spiro atoms. The van der Waals surface area contributed by atoms with Crippen LogP contribution in [0, 0.1) is 6.92 Å². The highest BCUT2D eigenvalue weighted by molar-refractivity contribution is 7.99. The molecular formula is C16H14Cl3NOS. The summed E-state index contributed by atoms with van der Waals surface area (Å²) in [6.07, 6.45) is 0. The normalized spacial score (nSPS) is 10.5. The van der Waals surface area contributed by atoms with E-state index in [9.17, 15) is 4.79 Å². The van der Waals surface area contributed by atoms with E-state index in [0.29, 0.717) is 26.5 Å². The number of nitrogens with one attached hydrogen (secondary N) is 1. The van der Waals surface area contributed by atoms with Gasteiger partial charge in [0.25, 0.3) is 0 Å². The van der Waals surface area contributed by atoms with Gasteiger partial charge in [0.05, 0.1) is 21.5 Å². The van der Waals surface area contributed by atoms with Crippen LogP contribution in [-0.4, -0.2) is 11.7 Å². The van der Waals surface area contributed by atoms with E-state index < -0.39 is 0 Å². The minimum absolute atomic E-state index is 0.131. The molecule has 0 unspecified atom stereocenters. The summed E-state index contributed by atoms with van der Waals surface area (Å²) in [7, 11) is 0. The van der Waals surface area contributed by atoms with Crippen LogP contribution in [0.1, 0.15) is 11.1 Å². The van der Waals surface area contributed by atoms with Crippen molar-refractivity contribution in [3.05, 3.63) is 62.6 Å². The molecule has 1 amide bonds. The van der Waals surface area contributed by atoms with Gasteiger partial charge in [-0.05, 0) is 36.2 Å². The van der Waals surface area contributed by atoms with Crippen LogP contribution in [-0.2, 0) is 10.5 Å². The summed E-state index contributed by atoms with van der Waals surface area (Å²) < 4.78 is 0. The topological polar surface area (TPSA) is 29.1 Å². The average Bonchev–Trinajstić information content (AvgIpc) is 2.50. The van der Waals surface area contributed by atoms with Crippen molar-refractivity contribution in [3.63, 3.8) is 0 Å². The average molecular weight is 375 g/mol. The molecule has 2 nitrogen and oxygen atoms in total. The van der Waals surface area contributed by atoms with Gasteiger partial charge in [-0.3, -0.25) is 4.79 Å². The van der Waals surface area contributed by atoms with Gasteiger partial charge in [0.2, 0.25) is 5.91 Å². The van der Waals surface area contributed by atoms with Gasteiger partial charge in [-0.1, -0.05) is 53.0 Å². The van der Waals surface area contributed by atoms with Crippen molar-refractivity contribution in [1.29, 1.82) is 0 Å². The third-order valence-electron chi connectivity index (χ3n) is 2.96. The predicted molar refractivity (Wildman–Crippen MR) is 97.4 cm³/mol. The van der Waals surface area contributed by atoms with E-state index in [4.69, 9.17) is 34.8 Å². The number of halogens is 3. The first-order valence-corrected chi connectivity index (χ1v) is 8.83. The van der Waals surface area contributed by atoms with Crippen LogP contribution in [0.3, 0.4) is 0 Å². The lowest BCUT2D eigenvalue weighted by atomic mass is 10.2. The van der Waals surface area contributed by atoms with Crippen molar-refractivity contribution >= 4 is 58.2 Å². The van der Waals surface area contributed by atoms with Gasteiger partial charge < -0.3 is 5.32 Å². The fraction of sp³-hybridized carbons (Fsp3) is 0.188. The number of hydrogen-bond donors (Lipinski definition) is 1. The van der Waals surface area contributed by atoms with Crippen LogP contribution >= 0.6 is 46.6 Å². The molecular weight excluding hydrogens is 361 g/mol. The van der Waals surface area contributed by atoms with Gasteiger partial charge in [-0.25, -0.2) is 0 Å². The molecule has 0 aliphatic carbocycles. The Hall–Kier alpha value is -0.870. The lowest BCUT2D eigenvalue weighted by Crippen LogP contribution is -2.15. The summed E-state index contributed by atoms with van der Waals surface area (Å²) in [5.41, 5.74) is 2.46. The van der Waals surface area contributed by atoms with Gasteiger partial charge in [0.15, 0.2) is 0 Å². The molecule has 0 heterocycles. The number of carbonyl (C=O) groups is 1. The SMILES string of the molecule is Cc1ccc(Cl)c(NC(=O)CSCc2ccc(Cl)cc2)c1Cl. The second kappa shape index (κ2) is 8.11.